The molecule has 1 atom stereocenters. The fourth-order valence-electron chi connectivity index (χ4n) is 2.16. The van der Waals surface area contributed by atoms with Crippen molar-refractivity contribution < 1.29 is 13.2 Å². The minimum absolute atomic E-state index is 0.0131. The van der Waals surface area contributed by atoms with Crippen LogP contribution in [0, 0.1) is 0 Å². The largest absolute Gasteiger partial charge is 0.339 e. The summed E-state index contributed by atoms with van der Waals surface area (Å²) in [5, 5.41) is 2.70. The van der Waals surface area contributed by atoms with Gasteiger partial charge in [0.05, 0.1) is 10.6 Å². The minimum atomic E-state index is -3.65. The molecule has 5 nitrogen and oxygen atoms in total. The van der Waals surface area contributed by atoms with Gasteiger partial charge in [-0.2, -0.15) is 0 Å². The maximum atomic E-state index is 12.4. The first-order valence-electron chi connectivity index (χ1n) is 6.73. The van der Waals surface area contributed by atoms with E-state index in [1.165, 1.54) is 23.9 Å². The van der Waals surface area contributed by atoms with E-state index in [0.717, 1.165) is 10.0 Å². The first-order valence-corrected chi connectivity index (χ1v) is 10.1. The summed E-state index contributed by atoms with van der Waals surface area (Å²) in [6, 6.07) is 13.5. The topological polar surface area (TPSA) is 75.3 Å². The van der Waals surface area contributed by atoms with Crippen LogP contribution in [0.5, 0.6) is 0 Å². The van der Waals surface area contributed by atoms with Crippen LogP contribution < -0.4 is 10.0 Å². The Balaban J connectivity index is 1.82. The third-order valence-corrected chi connectivity index (χ3v) is 6.32. The van der Waals surface area contributed by atoms with E-state index in [1.54, 1.807) is 30.3 Å². The Bertz CT molecular complexity index is 838. The lowest BCUT2D eigenvalue weighted by molar-refractivity contribution is -0.118. The third-order valence-electron chi connectivity index (χ3n) is 3.24. The molecule has 1 saturated heterocycles. The molecule has 1 fully saturated rings. The summed E-state index contributed by atoms with van der Waals surface area (Å²) >= 11 is 4.76. The highest BCUT2D eigenvalue weighted by atomic mass is 79.9. The van der Waals surface area contributed by atoms with E-state index in [0.29, 0.717) is 11.4 Å². The van der Waals surface area contributed by atoms with E-state index in [9.17, 15) is 13.2 Å². The van der Waals surface area contributed by atoms with Gasteiger partial charge in [-0.25, -0.2) is 8.42 Å². The van der Waals surface area contributed by atoms with Crippen molar-refractivity contribution in [2.45, 2.75) is 10.3 Å². The van der Waals surface area contributed by atoms with Gasteiger partial charge in [0.25, 0.3) is 10.0 Å². The SMILES string of the molecule is O=C1CSC(c2cccc(NS(=O)(=O)c3ccc(Br)cc3)c2)N1. The zero-order chi connectivity index (χ0) is 16.4. The molecule has 1 aliphatic heterocycles. The summed E-state index contributed by atoms with van der Waals surface area (Å²) in [4.78, 5) is 11.5. The number of nitrogens with one attached hydrogen (secondary N) is 2. The van der Waals surface area contributed by atoms with Crippen molar-refractivity contribution in [2.75, 3.05) is 10.5 Å². The number of halogens is 1. The highest BCUT2D eigenvalue weighted by molar-refractivity contribution is 9.10. The Kier molecular flexibility index (Phi) is 4.65. The highest BCUT2D eigenvalue weighted by Gasteiger charge is 2.23. The van der Waals surface area contributed by atoms with Gasteiger partial charge in [0.15, 0.2) is 0 Å². The molecule has 1 unspecified atom stereocenters. The quantitative estimate of drug-likeness (QED) is 0.808. The van der Waals surface area contributed by atoms with Crippen LogP contribution in [0.15, 0.2) is 57.9 Å². The van der Waals surface area contributed by atoms with Gasteiger partial charge in [-0.3, -0.25) is 9.52 Å². The predicted molar refractivity (Wildman–Crippen MR) is 94.7 cm³/mol. The standard InChI is InChI=1S/C15H13BrN2O3S2/c16-11-4-6-13(7-5-11)23(20,21)18-12-3-1-2-10(8-12)15-17-14(19)9-22-15/h1-8,15,18H,9H2,(H,17,19). The molecule has 8 heteroatoms. The van der Waals surface area contributed by atoms with Crippen LogP contribution in [0.1, 0.15) is 10.9 Å². The monoisotopic (exact) mass is 412 g/mol. The molecule has 1 aliphatic rings. The Morgan fingerprint density at radius 1 is 1.17 bits per heavy atom. The average molecular weight is 413 g/mol. The summed E-state index contributed by atoms with van der Waals surface area (Å²) in [6.45, 7) is 0. The third kappa shape index (κ3) is 3.88. The van der Waals surface area contributed by atoms with Gasteiger partial charge < -0.3 is 5.32 Å². The van der Waals surface area contributed by atoms with Crippen molar-refractivity contribution in [3.63, 3.8) is 0 Å². The smallest absolute Gasteiger partial charge is 0.261 e. The molecule has 0 aliphatic carbocycles. The fraction of sp³-hybridized carbons (Fsp3) is 0.133. The zero-order valence-electron chi connectivity index (χ0n) is 11.8. The van der Waals surface area contributed by atoms with Crippen LogP contribution in [0.2, 0.25) is 0 Å². The molecule has 23 heavy (non-hydrogen) atoms. The minimum Gasteiger partial charge on any atom is -0.339 e. The van der Waals surface area contributed by atoms with Gasteiger partial charge in [-0.1, -0.05) is 28.1 Å². The Morgan fingerprint density at radius 2 is 1.91 bits per heavy atom. The summed E-state index contributed by atoms with van der Waals surface area (Å²) in [6.07, 6.45) is 0. The molecule has 2 aromatic carbocycles. The van der Waals surface area contributed by atoms with Gasteiger partial charge in [-0.05, 0) is 42.0 Å². The number of carbonyl (C=O) groups is 1. The number of carbonyl (C=O) groups excluding carboxylic acids is 1. The van der Waals surface area contributed by atoms with Crippen LogP contribution in [-0.2, 0) is 14.8 Å². The van der Waals surface area contributed by atoms with Gasteiger partial charge in [0.2, 0.25) is 5.91 Å². The molecule has 1 amide bonds. The number of thioether (sulfide) groups is 1. The summed E-state index contributed by atoms with van der Waals surface area (Å²) in [7, 11) is -3.65. The molecule has 0 saturated carbocycles. The molecule has 2 aromatic rings. The van der Waals surface area contributed by atoms with Crippen LogP contribution in [0.4, 0.5) is 5.69 Å². The van der Waals surface area contributed by atoms with E-state index in [-0.39, 0.29) is 16.2 Å². The zero-order valence-corrected chi connectivity index (χ0v) is 15.0. The lowest BCUT2D eigenvalue weighted by Crippen LogP contribution is -2.19. The Morgan fingerprint density at radius 3 is 2.57 bits per heavy atom. The lowest BCUT2D eigenvalue weighted by Gasteiger charge is -2.13. The molecule has 2 N–H and O–H groups in total. The Hall–Kier alpha value is -1.51. The number of anilines is 1. The number of rotatable bonds is 4. The average Bonchev–Trinajstić information content (AvgIpc) is 2.94. The molecule has 0 aromatic heterocycles. The second-order valence-corrected chi connectivity index (χ2v) is 8.63. The predicted octanol–water partition coefficient (Wildman–Crippen LogP) is 3.11. The van der Waals surface area contributed by atoms with E-state index >= 15 is 0 Å². The normalized spacial score (nSPS) is 17.8. The summed E-state index contributed by atoms with van der Waals surface area (Å²) in [5.74, 6) is 0.403. The number of benzene rings is 2. The first-order chi connectivity index (χ1) is 10.9. The van der Waals surface area contributed by atoms with Crippen molar-refractivity contribution in [1.29, 1.82) is 0 Å². The maximum absolute atomic E-state index is 12.4. The van der Waals surface area contributed by atoms with E-state index < -0.39 is 10.0 Å². The highest BCUT2D eigenvalue weighted by Crippen LogP contribution is 2.32. The number of hydrogen-bond acceptors (Lipinski definition) is 4. The lowest BCUT2D eigenvalue weighted by atomic mass is 10.2. The Labute approximate surface area is 147 Å². The van der Waals surface area contributed by atoms with Gasteiger partial charge in [0, 0.05) is 10.2 Å². The van der Waals surface area contributed by atoms with E-state index in [1.807, 2.05) is 6.07 Å². The van der Waals surface area contributed by atoms with Gasteiger partial charge in [-0.15, -0.1) is 11.8 Å². The maximum Gasteiger partial charge on any atom is 0.261 e. The van der Waals surface area contributed by atoms with E-state index in [4.69, 9.17) is 0 Å². The second-order valence-electron chi connectivity index (χ2n) is 4.94. The van der Waals surface area contributed by atoms with E-state index in [2.05, 4.69) is 26.0 Å². The number of amides is 1. The molecule has 3 rings (SSSR count). The van der Waals surface area contributed by atoms with Gasteiger partial charge in [0.1, 0.15) is 5.37 Å². The van der Waals surface area contributed by atoms with Crippen molar-refractivity contribution in [3.8, 4) is 0 Å². The molecule has 0 bridgehead atoms. The van der Waals surface area contributed by atoms with Crippen LogP contribution in [0.3, 0.4) is 0 Å². The first kappa shape index (κ1) is 16.4. The number of hydrogen-bond donors (Lipinski definition) is 2. The molecule has 120 valence electrons. The van der Waals surface area contributed by atoms with Crippen molar-refractivity contribution in [2.24, 2.45) is 0 Å². The molecule has 0 spiro atoms. The molecule has 1 heterocycles. The second kappa shape index (κ2) is 6.54. The summed E-state index contributed by atoms with van der Waals surface area (Å²) in [5.41, 5.74) is 1.32. The molecule has 0 radical (unpaired) electrons. The van der Waals surface area contributed by atoms with Crippen LogP contribution >= 0.6 is 27.7 Å². The molecular formula is C15H13BrN2O3S2. The van der Waals surface area contributed by atoms with Gasteiger partial charge >= 0.3 is 0 Å². The van der Waals surface area contributed by atoms with Crippen molar-refractivity contribution in [3.05, 3.63) is 58.6 Å². The van der Waals surface area contributed by atoms with Crippen molar-refractivity contribution >= 4 is 49.3 Å². The molecular weight excluding hydrogens is 400 g/mol. The van der Waals surface area contributed by atoms with Crippen LogP contribution in [0.25, 0.3) is 0 Å². The number of sulfonamides is 1. The van der Waals surface area contributed by atoms with Crippen molar-refractivity contribution in [1.82, 2.24) is 5.32 Å². The summed E-state index contributed by atoms with van der Waals surface area (Å²) < 4.78 is 28.2. The fourth-order valence-corrected chi connectivity index (χ4v) is 4.43. The van der Waals surface area contributed by atoms with Crippen LogP contribution in [-0.4, -0.2) is 20.1 Å².